The highest BCUT2D eigenvalue weighted by molar-refractivity contribution is 5.16. The molecule has 80 valence electrons. The predicted octanol–water partition coefficient (Wildman–Crippen LogP) is 3.41. The molecule has 0 atom stereocenters. The maximum absolute atomic E-state index is 5.60. The number of hydrogen-bond acceptors (Lipinski definition) is 2. The second kappa shape index (κ2) is 5.10. The molecule has 2 heteroatoms. The molecule has 1 saturated heterocycles. The largest absolute Gasteiger partial charge is 0.319 e. The quantitative estimate of drug-likeness (QED) is 0.700. The van der Waals surface area contributed by atoms with Crippen molar-refractivity contribution in [2.75, 3.05) is 0 Å². The van der Waals surface area contributed by atoms with Crippen LogP contribution in [0.25, 0.3) is 0 Å². The third kappa shape index (κ3) is 2.67. The van der Waals surface area contributed by atoms with Crippen LogP contribution in [0.4, 0.5) is 0 Å². The predicted molar refractivity (Wildman–Crippen MR) is 59.2 cm³/mol. The molecule has 0 spiro atoms. The van der Waals surface area contributed by atoms with E-state index in [1.807, 2.05) is 30.3 Å². The zero-order valence-corrected chi connectivity index (χ0v) is 8.93. The van der Waals surface area contributed by atoms with Crippen LogP contribution in [0.1, 0.15) is 31.6 Å². The van der Waals surface area contributed by atoms with Crippen LogP contribution in [0.15, 0.2) is 42.5 Å². The monoisotopic (exact) mass is 204 g/mol. The van der Waals surface area contributed by atoms with E-state index in [1.165, 1.54) is 0 Å². The fourth-order valence-corrected chi connectivity index (χ4v) is 1.54. The van der Waals surface area contributed by atoms with Gasteiger partial charge >= 0.3 is 0 Å². The van der Waals surface area contributed by atoms with Crippen LogP contribution >= 0.6 is 0 Å². The minimum absolute atomic E-state index is 0.0574. The summed E-state index contributed by atoms with van der Waals surface area (Å²) in [6.07, 6.45) is 5.92. The molecule has 1 fully saturated rings. The van der Waals surface area contributed by atoms with Gasteiger partial charge in [-0.25, -0.2) is 0 Å². The van der Waals surface area contributed by atoms with Crippen molar-refractivity contribution < 1.29 is 9.47 Å². The summed E-state index contributed by atoms with van der Waals surface area (Å²) in [4.78, 5) is 0. The van der Waals surface area contributed by atoms with Gasteiger partial charge in [0, 0.05) is 12.0 Å². The summed E-state index contributed by atoms with van der Waals surface area (Å²) >= 11 is 0. The van der Waals surface area contributed by atoms with Gasteiger partial charge in [0.2, 0.25) is 0 Å². The first-order valence-electron chi connectivity index (χ1n) is 5.41. The van der Waals surface area contributed by atoms with Crippen molar-refractivity contribution in [1.82, 2.24) is 0 Å². The molecule has 0 N–H and O–H groups in total. The Hall–Kier alpha value is -1.12. The van der Waals surface area contributed by atoms with E-state index < -0.39 is 0 Å². The van der Waals surface area contributed by atoms with Crippen LogP contribution in [0.3, 0.4) is 0 Å². The first-order valence-corrected chi connectivity index (χ1v) is 5.41. The Labute approximate surface area is 90.5 Å². The molecule has 15 heavy (non-hydrogen) atoms. The molecule has 1 aromatic carbocycles. The van der Waals surface area contributed by atoms with Crippen molar-refractivity contribution in [3.8, 4) is 0 Å². The Bertz CT molecular complexity index is 313. The summed E-state index contributed by atoms with van der Waals surface area (Å²) in [5.41, 5.74) is 1.09. The zero-order valence-electron chi connectivity index (χ0n) is 8.93. The van der Waals surface area contributed by atoms with Crippen LogP contribution < -0.4 is 0 Å². The molecule has 0 unspecified atom stereocenters. The molecular formula is C13H16O2. The van der Waals surface area contributed by atoms with Crippen molar-refractivity contribution >= 4 is 0 Å². The van der Waals surface area contributed by atoms with Crippen molar-refractivity contribution in [3.63, 3.8) is 0 Å². The van der Waals surface area contributed by atoms with E-state index in [-0.39, 0.29) is 12.6 Å². The Morgan fingerprint density at radius 2 is 1.87 bits per heavy atom. The Kier molecular flexibility index (Phi) is 3.54. The number of hydrogen-bond donors (Lipinski definition) is 0. The van der Waals surface area contributed by atoms with Gasteiger partial charge in [-0.3, -0.25) is 0 Å². The number of benzene rings is 1. The molecule has 0 aliphatic carbocycles. The van der Waals surface area contributed by atoms with Crippen LogP contribution in [-0.4, -0.2) is 6.29 Å². The van der Waals surface area contributed by atoms with Gasteiger partial charge in [0.15, 0.2) is 12.6 Å². The SMILES string of the molecule is CC/C=C\CC1OC(c2ccccc2)O1. The van der Waals surface area contributed by atoms with E-state index in [0.29, 0.717) is 0 Å². The highest BCUT2D eigenvalue weighted by atomic mass is 16.9. The molecule has 1 aliphatic heterocycles. The van der Waals surface area contributed by atoms with E-state index in [0.717, 1.165) is 18.4 Å². The summed E-state index contributed by atoms with van der Waals surface area (Å²) in [6, 6.07) is 10.0. The maximum atomic E-state index is 5.60. The van der Waals surface area contributed by atoms with E-state index in [4.69, 9.17) is 9.47 Å². The summed E-state index contributed by atoms with van der Waals surface area (Å²) in [7, 11) is 0. The van der Waals surface area contributed by atoms with Crippen molar-refractivity contribution in [3.05, 3.63) is 48.0 Å². The second-order valence-corrected chi connectivity index (χ2v) is 3.56. The van der Waals surface area contributed by atoms with E-state index in [2.05, 4.69) is 19.1 Å². The Balaban J connectivity index is 1.76. The van der Waals surface area contributed by atoms with Gasteiger partial charge < -0.3 is 9.47 Å². The molecule has 0 aromatic heterocycles. The van der Waals surface area contributed by atoms with Gasteiger partial charge in [-0.05, 0) is 6.42 Å². The molecule has 1 aliphatic rings. The highest BCUT2D eigenvalue weighted by Crippen LogP contribution is 2.33. The lowest BCUT2D eigenvalue weighted by Gasteiger charge is -2.35. The van der Waals surface area contributed by atoms with E-state index in [1.54, 1.807) is 0 Å². The molecule has 1 heterocycles. The van der Waals surface area contributed by atoms with Crippen LogP contribution in [-0.2, 0) is 9.47 Å². The molecule has 2 rings (SSSR count). The molecule has 1 aromatic rings. The average molecular weight is 204 g/mol. The summed E-state index contributed by atoms with van der Waals surface area (Å²) in [5, 5.41) is 0. The number of allylic oxidation sites excluding steroid dienone is 1. The third-order valence-electron chi connectivity index (χ3n) is 2.35. The van der Waals surface area contributed by atoms with Gasteiger partial charge in [-0.2, -0.15) is 0 Å². The first kappa shape index (κ1) is 10.4. The maximum Gasteiger partial charge on any atom is 0.189 e. The number of ether oxygens (including phenoxy) is 2. The van der Waals surface area contributed by atoms with Crippen molar-refractivity contribution in [2.24, 2.45) is 0 Å². The second-order valence-electron chi connectivity index (χ2n) is 3.56. The lowest BCUT2D eigenvalue weighted by Crippen LogP contribution is -2.33. The summed E-state index contributed by atoms with van der Waals surface area (Å²) in [5.74, 6) is 0. The average Bonchev–Trinajstić information content (AvgIpc) is 2.23. The van der Waals surface area contributed by atoms with E-state index >= 15 is 0 Å². The van der Waals surface area contributed by atoms with Crippen LogP contribution in [0.5, 0.6) is 0 Å². The van der Waals surface area contributed by atoms with Crippen LogP contribution in [0.2, 0.25) is 0 Å². The van der Waals surface area contributed by atoms with Crippen molar-refractivity contribution in [2.45, 2.75) is 32.3 Å². The van der Waals surface area contributed by atoms with Crippen LogP contribution in [0, 0.1) is 0 Å². The normalized spacial score (nSPS) is 25.4. The van der Waals surface area contributed by atoms with Gasteiger partial charge in [0.25, 0.3) is 0 Å². The van der Waals surface area contributed by atoms with Gasteiger partial charge in [0.1, 0.15) is 0 Å². The fraction of sp³-hybridized carbons (Fsp3) is 0.385. The van der Waals surface area contributed by atoms with Gasteiger partial charge in [-0.15, -0.1) is 0 Å². The molecule has 0 saturated carbocycles. The smallest absolute Gasteiger partial charge is 0.189 e. The Morgan fingerprint density at radius 1 is 1.13 bits per heavy atom. The third-order valence-corrected chi connectivity index (χ3v) is 2.35. The molecule has 0 amide bonds. The topological polar surface area (TPSA) is 18.5 Å². The number of rotatable bonds is 4. The standard InChI is InChI=1S/C13H16O2/c1-2-3-5-10-12-14-13(15-12)11-8-6-4-7-9-11/h3-9,12-13H,2,10H2,1H3/b5-3-. The summed E-state index contributed by atoms with van der Waals surface area (Å²) in [6.45, 7) is 2.12. The fourth-order valence-electron chi connectivity index (χ4n) is 1.54. The van der Waals surface area contributed by atoms with Gasteiger partial charge in [-0.1, -0.05) is 49.4 Å². The molecule has 0 bridgehead atoms. The lowest BCUT2D eigenvalue weighted by molar-refractivity contribution is -0.388. The minimum Gasteiger partial charge on any atom is -0.319 e. The minimum atomic E-state index is -0.161. The highest BCUT2D eigenvalue weighted by Gasteiger charge is 2.30. The molecular weight excluding hydrogens is 188 g/mol. The lowest BCUT2D eigenvalue weighted by atomic mass is 10.2. The summed E-state index contributed by atoms with van der Waals surface area (Å²) < 4.78 is 11.2. The zero-order chi connectivity index (χ0) is 10.5. The molecule has 2 nitrogen and oxygen atoms in total. The molecule has 0 radical (unpaired) electrons. The Morgan fingerprint density at radius 3 is 2.53 bits per heavy atom. The first-order chi connectivity index (χ1) is 7.40. The van der Waals surface area contributed by atoms with Gasteiger partial charge in [0.05, 0.1) is 0 Å². The van der Waals surface area contributed by atoms with E-state index in [9.17, 15) is 0 Å². The van der Waals surface area contributed by atoms with Crippen molar-refractivity contribution in [1.29, 1.82) is 0 Å².